The average Bonchev–Trinajstić information content (AvgIpc) is 3.13. The van der Waals surface area contributed by atoms with Crippen LogP contribution in [-0.4, -0.2) is 44.3 Å². The van der Waals surface area contributed by atoms with Crippen molar-refractivity contribution in [2.75, 3.05) is 17.4 Å². The molecule has 5 aromatic carbocycles. The van der Waals surface area contributed by atoms with Crippen molar-refractivity contribution < 1.29 is 27.1 Å². The minimum absolute atomic E-state index is 0.000906. The molecular formula is C39H38FN3O5S. The number of amides is 2. The van der Waals surface area contributed by atoms with Gasteiger partial charge in [0.05, 0.1) is 10.6 Å². The number of carbonyl (C=O) groups is 2. The molecule has 0 bridgehead atoms. The van der Waals surface area contributed by atoms with Crippen LogP contribution in [0.3, 0.4) is 0 Å². The van der Waals surface area contributed by atoms with Crippen molar-refractivity contribution in [1.82, 2.24) is 10.2 Å². The zero-order valence-corrected chi connectivity index (χ0v) is 27.9. The van der Waals surface area contributed by atoms with Gasteiger partial charge in [0.1, 0.15) is 29.9 Å². The molecule has 0 radical (unpaired) electrons. The fourth-order valence-corrected chi connectivity index (χ4v) is 6.70. The van der Waals surface area contributed by atoms with Crippen LogP contribution >= 0.6 is 0 Å². The fraction of sp³-hybridized carbons (Fsp3) is 0.179. The molecule has 8 nitrogen and oxygen atoms in total. The number of nitrogens with one attached hydrogen (secondary N) is 1. The minimum atomic E-state index is -4.26. The molecule has 0 aliphatic rings. The third kappa shape index (κ3) is 9.33. The van der Waals surface area contributed by atoms with E-state index < -0.39 is 34.3 Å². The van der Waals surface area contributed by atoms with E-state index in [1.165, 1.54) is 29.2 Å². The Bertz CT molecular complexity index is 1910. The first-order valence-corrected chi connectivity index (χ1v) is 17.4. The SMILES string of the molecule is CCCNC(=O)[C@@H](Cc1ccccc1)N(Cc1ccc(F)cc1)C(=O)CN(c1ccc(Oc2ccccc2)cc1)S(=O)(=O)c1ccccc1. The number of carbonyl (C=O) groups excluding carboxylic acids is 2. The molecule has 2 amide bonds. The largest absolute Gasteiger partial charge is 0.457 e. The molecule has 49 heavy (non-hydrogen) atoms. The highest BCUT2D eigenvalue weighted by Gasteiger charge is 2.34. The second-order valence-corrected chi connectivity index (χ2v) is 13.2. The first-order chi connectivity index (χ1) is 23.7. The van der Waals surface area contributed by atoms with Crippen LogP contribution < -0.4 is 14.4 Å². The molecule has 1 N–H and O–H groups in total. The lowest BCUT2D eigenvalue weighted by atomic mass is 10.0. The van der Waals surface area contributed by atoms with Crippen molar-refractivity contribution >= 4 is 27.5 Å². The summed E-state index contributed by atoms with van der Waals surface area (Å²) >= 11 is 0. The molecule has 0 aliphatic carbocycles. The third-order valence-corrected chi connectivity index (χ3v) is 9.59. The van der Waals surface area contributed by atoms with Gasteiger partial charge in [0, 0.05) is 19.5 Å². The number of hydrogen-bond donors (Lipinski definition) is 1. The lowest BCUT2D eigenvalue weighted by Gasteiger charge is -2.34. The molecule has 0 spiro atoms. The van der Waals surface area contributed by atoms with Gasteiger partial charge in [-0.3, -0.25) is 13.9 Å². The van der Waals surface area contributed by atoms with Gasteiger partial charge in [-0.2, -0.15) is 0 Å². The van der Waals surface area contributed by atoms with Crippen LogP contribution in [0.1, 0.15) is 24.5 Å². The molecule has 0 aliphatic heterocycles. The smallest absolute Gasteiger partial charge is 0.264 e. The molecule has 5 aromatic rings. The Morgan fingerprint density at radius 2 is 1.31 bits per heavy atom. The summed E-state index contributed by atoms with van der Waals surface area (Å²) in [7, 11) is -4.26. The van der Waals surface area contributed by atoms with E-state index in [0.717, 1.165) is 9.87 Å². The molecule has 0 heterocycles. The van der Waals surface area contributed by atoms with Gasteiger partial charge >= 0.3 is 0 Å². The summed E-state index contributed by atoms with van der Waals surface area (Å²) < 4.78 is 49.2. The van der Waals surface area contributed by atoms with Gasteiger partial charge in [0.2, 0.25) is 11.8 Å². The summed E-state index contributed by atoms with van der Waals surface area (Å²) in [5.74, 6) is -0.335. The van der Waals surface area contributed by atoms with Crippen molar-refractivity contribution in [2.45, 2.75) is 37.2 Å². The van der Waals surface area contributed by atoms with Gasteiger partial charge in [0.15, 0.2) is 0 Å². The van der Waals surface area contributed by atoms with E-state index in [9.17, 15) is 22.4 Å². The minimum Gasteiger partial charge on any atom is -0.457 e. The number of hydrogen-bond acceptors (Lipinski definition) is 5. The summed E-state index contributed by atoms with van der Waals surface area (Å²) in [6.45, 7) is 1.66. The van der Waals surface area contributed by atoms with E-state index in [1.807, 2.05) is 55.5 Å². The highest BCUT2D eigenvalue weighted by atomic mass is 32.2. The van der Waals surface area contributed by atoms with E-state index >= 15 is 0 Å². The van der Waals surface area contributed by atoms with E-state index in [1.54, 1.807) is 66.7 Å². The summed E-state index contributed by atoms with van der Waals surface area (Å²) in [5, 5.41) is 2.91. The van der Waals surface area contributed by atoms with Crippen molar-refractivity contribution in [2.24, 2.45) is 0 Å². The average molecular weight is 680 g/mol. The molecule has 0 saturated heterocycles. The standard InChI is InChI=1S/C39H38FN3O5S/c1-2-26-41-39(45)37(27-30-12-6-3-7-13-30)42(28-31-18-20-32(40)21-19-31)38(44)29-43(49(46,47)36-16-10-5-11-17-36)33-22-24-35(25-23-33)48-34-14-8-4-9-15-34/h3-25,37H,2,26-29H2,1H3,(H,41,45)/t37-/m1/s1. The number of anilines is 1. The van der Waals surface area contributed by atoms with E-state index in [4.69, 9.17) is 4.74 Å². The zero-order chi connectivity index (χ0) is 34.6. The van der Waals surface area contributed by atoms with Gasteiger partial charge in [0.25, 0.3) is 10.0 Å². The number of halogens is 1. The highest BCUT2D eigenvalue weighted by molar-refractivity contribution is 7.92. The molecule has 0 unspecified atom stereocenters. The quantitative estimate of drug-likeness (QED) is 0.129. The maximum atomic E-state index is 14.5. The second kappa shape index (κ2) is 16.6. The fourth-order valence-electron chi connectivity index (χ4n) is 5.26. The lowest BCUT2D eigenvalue weighted by Crippen LogP contribution is -2.53. The highest BCUT2D eigenvalue weighted by Crippen LogP contribution is 2.29. The first-order valence-electron chi connectivity index (χ1n) is 16.0. The summed E-state index contributed by atoms with van der Waals surface area (Å²) in [6, 6.07) is 37.4. The van der Waals surface area contributed by atoms with Gasteiger partial charge < -0.3 is 15.0 Å². The number of nitrogens with zero attached hydrogens (tertiary/aromatic N) is 2. The number of ether oxygens (including phenoxy) is 1. The molecule has 1 atom stereocenters. The van der Waals surface area contributed by atoms with E-state index in [2.05, 4.69) is 5.32 Å². The van der Waals surface area contributed by atoms with Crippen LogP contribution in [0.15, 0.2) is 144 Å². The summed E-state index contributed by atoms with van der Waals surface area (Å²) in [5.41, 5.74) is 1.63. The van der Waals surface area contributed by atoms with Crippen LogP contribution in [0, 0.1) is 5.82 Å². The predicted molar refractivity (Wildman–Crippen MR) is 188 cm³/mol. The Morgan fingerprint density at radius 3 is 1.92 bits per heavy atom. The number of benzene rings is 5. The van der Waals surface area contributed by atoms with E-state index in [0.29, 0.717) is 30.0 Å². The zero-order valence-electron chi connectivity index (χ0n) is 27.1. The second-order valence-electron chi connectivity index (χ2n) is 11.4. The van der Waals surface area contributed by atoms with Crippen LogP contribution in [-0.2, 0) is 32.6 Å². The Kier molecular flexibility index (Phi) is 11.8. The van der Waals surface area contributed by atoms with Gasteiger partial charge in [-0.05, 0) is 78.2 Å². The Morgan fingerprint density at radius 1 is 0.735 bits per heavy atom. The molecule has 5 rings (SSSR count). The molecule has 252 valence electrons. The van der Waals surface area contributed by atoms with E-state index in [-0.39, 0.29) is 29.5 Å². The molecular weight excluding hydrogens is 642 g/mol. The molecule has 0 aromatic heterocycles. The Hall–Kier alpha value is -5.48. The number of sulfonamides is 1. The molecule has 0 fully saturated rings. The van der Waals surface area contributed by atoms with Gasteiger partial charge in [-0.15, -0.1) is 0 Å². The summed E-state index contributed by atoms with van der Waals surface area (Å²) in [6.07, 6.45) is 0.864. The lowest BCUT2D eigenvalue weighted by molar-refractivity contribution is -0.140. The summed E-state index contributed by atoms with van der Waals surface area (Å²) in [4.78, 5) is 29.7. The van der Waals surface area contributed by atoms with Crippen LogP contribution in [0.2, 0.25) is 0 Å². The first kappa shape index (κ1) is 34.8. The van der Waals surface area contributed by atoms with Crippen molar-refractivity contribution in [1.29, 1.82) is 0 Å². The maximum absolute atomic E-state index is 14.5. The van der Waals surface area contributed by atoms with Gasteiger partial charge in [-0.25, -0.2) is 12.8 Å². The number of rotatable bonds is 15. The monoisotopic (exact) mass is 679 g/mol. The maximum Gasteiger partial charge on any atom is 0.264 e. The van der Waals surface area contributed by atoms with Crippen LogP contribution in [0.25, 0.3) is 0 Å². The Labute approximate surface area is 286 Å². The van der Waals surface area contributed by atoms with Crippen molar-refractivity contribution in [3.05, 3.63) is 156 Å². The number of para-hydroxylation sites is 1. The molecule has 10 heteroatoms. The van der Waals surface area contributed by atoms with Gasteiger partial charge in [-0.1, -0.05) is 85.8 Å². The normalized spacial score (nSPS) is 11.7. The predicted octanol–water partition coefficient (Wildman–Crippen LogP) is 6.98. The van der Waals surface area contributed by atoms with Crippen molar-refractivity contribution in [3.63, 3.8) is 0 Å². The van der Waals surface area contributed by atoms with Crippen molar-refractivity contribution in [3.8, 4) is 11.5 Å². The topological polar surface area (TPSA) is 96.0 Å². The van der Waals surface area contributed by atoms with Crippen LogP contribution in [0.5, 0.6) is 11.5 Å². The molecule has 0 saturated carbocycles. The third-order valence-electron chi connectivity index (χ3n) is 7.80. The Balaban J connectivity index is 1.54. The van der Waals surface area contributed by atoms with Crippen LogP contribution in [0.4, 0.5) is 10.1 Å².